The van der Waals surface area contributed by atoms with Crippen LogP contribution in [0.4, 0.5) is 13.2 Å². The number of halogens is 4. The summed E-state index contributed by atoms with van der Waals surface area (Å²) in [6.07, 6.45) is -4.72. The molecule has 2 aromatic rings. The third-order valence-electron chi connectivity index (χ3n) is 3.82. The minimum atomic E-state index is -4.43. The maximum atomic E-state index is 12.7. The number of phenolic OH excluding ortho intramolecular Hbond substituents is 1. The van der Waals surface area contributed by atoms with Gasteiger partial charge in [-0.2, -0.15) is 18.2 Å². The normalized spacial score (nSPS) is 17.7. The van der Waals surface area contributed by atoms with E-state index in [1.165, 1.54) is 29.3 Å². The zero-order valence-corrected chi connectivity index (χ0v) is 13.9. The Morgan fingerprint density at radius 1 is 1.23 bits per heavy atom. The number of carbonyl (C=O) groups excluding carboxylic acids is 1. The monoisotopic (exact) mass is 383 g/mol. The van der Waals surface area contributed by atoms with Crippen molar-refractivity contribution in [2.45, 2.75) is 18.9 Å². The van der Waals surface area contributed by atoms with Crippen LogP contribution in [0, 0.1) is 0 Å². The van der Waals surface area contributed by atoms with Gasteiger partial charge in [-0.15, -0.1) is 0 Å². The van der Waals surface area contributed by atoms with Crippen molar-refractivity contribution in [2.75, 3.05) is 0 Å². The van der Waals surface area contributed by atoms with Crippen molar-refractivity contribution in [3.05, 3.63) is 64.2 Å². The Balaban J connectivity index is 1.79. The van der Waals surface area contributed by atoms with Gasteiger partial charge in [0.1, 0.15) is 11.6 Å². The molecule has 0 saturated carbocycles. The van der Waals surface area contributed by atoms with E-state index in [4.69, 9.17) is 11.6 Å². The molecule has 0 aromatic heterocycles. The molecule has 26 heavy (non-hydrogen) atoms. The predicted octanol–water partition coefficient (Wildman–Crippen LogP) is 3.36. The number of hydrogen-bond acceptors (Lipinski definition) is 5. The van der Waals surface area contributed by atoms with Gasteiger partial charge in [0.15, 0.2) is 12.5 Å². The maximum Gasteiger partial charge on any atom is 0.416 e. The third kappa shape index (κ3) is 3.81. The van der Waals surface area contributed by atoms with Crippen molar-refractivity contribution in [3.8, 4) is 5.75 Å². The second-order valence-electron chi connectivity index (χ2n) is 5.62. The lowest BCUT2D eigenvalue weighted by molar-refractivity contribution is -0.137. The highest BCUT2D eigenvalue weighted by Crippen LogP contribution is 2.29. The van der Waals surface area contributed by atoms with Crippen molar-refractivity contribution in [3.63, 3.8) is 0 Å². The minimum absolute atomic E-state index is 0.00355. The average Bonchev–Trinajstić information content (AvgIpc) is 3.00. The van der Waals surface area contributed by atoms with E-state index < -0.39 is 17.9 Å². The highest BCUT2D eigenvalue weighted by atomic mass is 35.5. The fourth-order valence-corrected chi connectivity index (χ4v) is 2.69. The molecule has 2 aromatic carbocycles. The Morgan fingerprint density at radius 2 is 1.92 bits per heavy atom. The van der Waals surface area contributed by atoms with Gasteiger partial charge >= 0.3 is 6.18 Å². The molecule has 2 N–H and O–H groups in total. The minimum Gasteiger partial charge on any atom is -0.508 e. The first-order valence-corrected chi connectivity index (χ1v) is 7.87. The Bertz CT molecular complexity index is 853. The van der Waals surface area contributed by atoms with Crippen molar-refractivity contribution in [1.82, 2.24) is 10.4 Å². The third-order valence-corrected chi connectivity index (χ3v) is 4.05. The number of phenols is 1. The quantitative estimate of drug-likeness (QED) is 0.795. The molecule has 3 rings (SSSR count). The van der Waals surface area contributed by atoms with Gasteiger partial charge in [0, 0.05) is 22.7 Å². The van der Waals surface area contributed by atoms with Crippen LogP contribution in [0.15, 0.2) is 47.5 Å². The second-order valence-corrected chi connectivity index (χ2v) is 6.05. The number of hydrazine groups is 1. The largest absolute Gasteiger partial charge is 0.508 e. The van der Waals surface area contributed by atoms with Crippen molar-refractivity contribution < 1.29 is 23.1 Å². The Morgan fingerprint density at radius 3 is 2.54 bits per heavy atom. The van der Waals surface area contributed by atoms with Gasteiger partial charge in [0.05, 0.1) is 5.56 Å². The van der Waals surface area contributed by atoms with E-state index in [9.17, 15) is 23.1 Å². The number of nitrogens with zero attached hydrogens (tertiary/aromatic N) is 2. The molecule has 0 spiro atoms. The SMILES string of the molecule is O=CC1N=C(c2ccc(C(F)(F)F)cc2)NN1Cc1cc(Cl)ccc1O. The summed E-state index contributed by atoms with van der Waals surface area (Å²) in [5, 5.41) is 11.8. The van der Waals surface area contributed by atoms with Gasteiger partial charge in [0.25, 0.3) is 0 Å². The molecule has 0 fully saturated rings. The van der Waals surface area contributed by atoms with Crippen LogP contribution in [0.5, 0.6) is 5.75 Å². The first-order chi connectivity index (χ1) is 12.3. The predicted molar refractivity (Wildman–Crippen MR) is 89.6 cm³/mol. The molecule has 0 bridgehead atoms. The molecule has 0 amide bonds. The lowest BCUT2D eigenvalue weighted by Gasteiger charge is -2.20. The number of hydrogen-bond donors (Lipinski definition) is 2. The van der Waals surface area contributed by atoms with Crippen LogP contribution in [0.1, 0.15) is 16.7 Å². The van der Waals surface area contributed by atoms with Crippen LogP contribution in [-0.4, -0.2) is 28.4 Å². The van der Waals surface area contributed by atoms with E-state index in [2.05, 4.69) is 10.4 Å². The zero-order valence-electron chi connectivity index (χ0n) is 13.2. The Labute approximate surface area is 151 Å². The fraction of sp³-hybridized carbons (Fsp3) is 0.176. The molecule has 5 nitrogen and oxygen atoms in total. The number of rotatable bonds is 4. The van der Waals surface area contributed by atoms with Crippen LogP contribution in [0.3, 0.4) is 0 Å². The molecule has 136 valence electrons. The van der Waals surface area contributed by atoms with Crippen LogP contribution in [-0.2, 0) is 17.5 Å². The number of aromatic hydroxyl groups is 1. The molecule has 1 unspecified atom stereocenters. The highest BCUT2D eigenvalue weighted by Gasteiger charge is 2.31. The van der Waals surface area contributed by atoms with Crippen molar-refractivity contribution >= 4 is 23.7 Å². The van der Waals surface area contributed by atoms with Gasteiger partial charge in [-0.25, -0.2) is 4.99 Å². The van der Waals surface area contributed by atoms with E-state index in [-0.39, 0.29) is 18.1 Å². The number of nitrogens with one attached hydrogen (secondary N) is 1. The first-order valence-electron chi connectivity index (χ1n) is 7.49. The number of aldehydes is 1. The van der Waals surface area contributed by atoms with Crippen LogP contribution in [0.2, 0.25) is 5.02 Å². The zero-order chi connectivity index (χ0) is 18.9. The van der Waals surface area contributed by atoms with Gasteiger partial charge in [-0.3, -0.25) is 4.79 Å². The summed E-state index contributed by atoms with van der Waals surface area (Å²) < 4.78 is 38.0. The standard InChI is InChI=1S/C17H13ClF3N3O2/c18-13-5-6-14(26)11(7-13)8-24-15(9-25)22-16(23-24)10-1-3-12(4-2-10)17(19,20)21/h1-7,9,15,26H,8H2,(H,22,23). The summed E-state index contributed by atoms with van der Waals surface area (Å²) in [5.41, 5.74) is 2.99. The van der Waals surface area contributed by atoms with E-state index >= 15 is 0 Å². The fourth-order valence-electron chi connectivity index (χ4n) is 2.49. The second kappa shape index (κ2) is 6.97. The summed E-state index contributed by atoms with van der Waals surface area (Å²) in [6, 6.07) is 8.95. The van der Waals surface area contributed by atoms with E-state index in [0.29, 0.717) is 22.4 Å². The van der Waals surface area contributed by atoms with E-state index in [0.717, 1.165) is 12.1 Å². The summed E-state index contributed by atoms with van der Waals surface area (Å²) >= 11 is 5.91. The topological polar surface area (TPSA) is 64.9 Å². The van der Waals surface area contributed by atoms with Crippen molar-refractivity contribution in [2.24, 2.45) is 4.99 Å². The number of benzene rings is 2. The van der Waals surface area contributed by atoms with Crippen LogP contribution >= 0.6 is 11.6 Å². The summed E-state index contributed by atoms with van der Waals surface area (Å²) in [7, 11) is 0. The molecule has 1 atom stereocenters. The summed E-state index contributed by atoms with van der Waals surface area (Å²) in [5.74, 6) is 0.265. The Kier molecular flexibility index (Phi) is 4.88. The highest BCUT2D eigenvalue weighted by molar-refractivity contribution is 6.30. The molecule has 1 aliphatic rings. The molecule has 0 aliphatic carbocycles. The molecular formula is C17H13ClF3N3O2. The molecular weight excluding hydrogens is 371 g/mol. The lowest BCUT2D eigenvalue weighted by Crippen LogP contribution is -2.41. The number of aliphatic imine (C=N–C) groups is 1. The Hall–Kier alpha value is -2.58. The number of carbonyl (C=O) groups is 1. The van der Waals surface area contributed by atoms with E-state index in [1.54, 1.807) is 6.07 Å². The maximum absolute atomic E-state index is 12.7. The molecule has 0 radical (unpaired) electrons. The van der Waals surface area contributed by atoms with Gasteiger partial charge in [0.2, 0.25) is 0 Å². The molecule has 1 heterocycles. The van der Waals surface area contributed by atoms with Crippen LogP contribution in [0.25, 0.3) is 0 Å². The number of alkyl halides is 3. The molecule has 1 aliphatic heterocycles. The number of amidine groups is 1. The first kappa shape index (κ1) is 18.2. The van der Waals surface area contributed by atoms with Gasteiger partial charge in [-0.1, -0.05) is 23.7 Å². The molecule has 9 heteroatoms. The summed E-state index contributed by atoms with van der Waals surface area (Å²) in [4.78, 5) is 15.5. The molecule has 0 saturated heterocycles. The summed E-state index contributed by atoms with van der Waals surface area (Å²) in [6.45, 7) is 0.115. The smallest absolute Gasteiger partial charge is 0.416 e. The van der Waals surface area contributed by atoms with Crippen molar-refractivity contribution in [1.29, 1.82) is 0 Å². The average molecular weight is 384 g/mol. The lowest BCUT2D eigenvalue weighted by atomic mass is 10.1. The van der Waals surface area contributed by atoms with Crippen LogP contribution < -0.4 is 5.43 Å². The van der Waals surface area contributed by atoms with Gasteiger partial charge in [-0.05, 0) is 30.3 Å². The van der Waals surface area contributed by atoms with E-state index in [1.807, 2.05) is 0 Å². The van der Waals surface area contributed by atoms with Gasteiger partial charge < -0.3 is 10.5 Å².